The van der Waals surface area contributed by atoms with Gasteiger partial charge < -0.3 is 11.1 Å². The second-order valence-electron chi connectivity index (χ2n) is 2.79. The van der Waals surface area contributed by atoms with E-state index in [4.69, 9.17) is 11.0 Å². The standard InChI is InChI=1S/C8H15N3O/c1-7(10)6-8(12)11-5-3-2-4-9/h7H,2-3,5-6,10H2,1H3,(H,11,12). The molecule has 0 rings (SSSR count). The molecule has 0 aliphatic heterocycles. The minimum Gasteiger partial charge on any atom is -0.356 e. The van der Waals surface area contributed by atoms with Crippen LogP contribution in [0.4, 0.5) is 0 Å². The highest BCUT2D eigenvalue weighted by atomic mass is 16.1. The van der Waals surface area contributed by atoms with Crippen molar-refractivity contribution >= 4 is 5.91 Å². The molecule has 4 nitrogen and oxygen atoms in total. The molecular formula is C8H15N3O. The smallest absolute Gasteiger partial charge is 0.221 e. The average Bonchev–Trinajstić information content (AvgIpc) is 1.97. The van der Waals surface area contributed by atoms with Gasteiger partial charge in [0.1, 0.15) is 0 Å². The topological polar surface area (TPSA) is 78.9 Å². The van der Waals surface area contributed by atoms with E-state index in [1.165, 1.54) is 0 Å². The summed E-state index contributed by atoms with van der Waals surface area (Å²) in [6, 6.07) is 1.91. The highest BCUT2D eigenvalue weighted by molar-refractivity contribution is 5.76. The Morgan fingerprint density at radius 2 is 2.42 bits per heavy atom. The summed E-state index contributed by atoms with van der Waals surface area (Å²) in [6.45, 7) is 2.36. The second kappa shape index (κ2) is 6.62. The molecule has 0 saturated carbocycles. The van der Waals surface area contributed by atoms with Crippen molar-refractivity contribution in [3.63, 3.8) is 0 Å². The Balaban J connectivity index is 3.27. The zero-order valence-corrected chi connectivity index (χ0v) is 7.34. The Labute approximate surface area is 72.7 Å². The molecule has 0 fully saturated rings. The van der Waals surface area contributed by atoms with Crippen LogP contribution in [0, 0.1) is 11.3 Å². The van der Waals surface area contributed by atoms with Gasteiger partial charge in [0.05, 0.1) is 6.07 Å². The summed E-state index contributed by atoms with van der Waals surface area (Å²) >= 11 is 0. The maximum Gasteiger partial charge on any atom is 0.221 e. The van der Waals surface area contributed by atoms with Gasteiger partial charge >= 0.3 is 0 Å². The van der Waals surface area contributed by atoms with Crippen LogP contribution in [0.25, 0.3) is 0 Å². The van der Waals surface area contributed by atoms with Crippen LogP contribution < -0.4 is 11.1 Å². The van der Waals surface area contributed by atoms with Crippen LogP contribution in [-0.4, -0.2) is 18.5 Å². The fourth-order valence-electron chi connectivity index (χ4n) is 0.760. The quantitative estimate of drug-likeness (QED) is 0.575. The molecule has 0 bridgehead atoms. The monoisotopic (exact) mass is 169 g/mol. The van der Waals surface area contributed by atoms with E-state index in [0.29, 0.717) is 25.8 Å². The molecule has 0 aromatic carbocycles. The van der Waals surface area contributed by atoms with Gasteiger partial charge in [0.25, 0.3) is 0 Å². The van der Waals surface area contributed by atoms with Crippen molar-refractivity contribution in [3.05, 3.63) is 0 Å². The molecule has 0 radical (unpaired) electrons. The van der Waals surface area contributed by atoms with Crippen LogP contribution in [0.15, 0.2) is 0 Å². The van der Waals surface area contributed by atoms with Crippen LogP contribution in [-0.2, 0) is 4.79 Å². The molecule has 68 valence electrons. The lowest BCUT2D eigenvalue weighted by Crippen LogP contribution is -2.30. The first-order valence-corrected chi connectivity index (χ1v) is 4.06. The third kappa shape index (κ3) is 7.03. The molecule has 0 spiro atoms. The summed E-state index contributed by atoms with van der Waals surface area (Å²) in [5.74, 6) is -0.0389. The normalized spacial score (nSPS) is 11.8. The molecule has 1 atom stereocenters. The van der Waals surface area contributed by atoms with E-state index in [-0.39, 0.29) is 11.9 Å². The Morgan fingerprint density at radius 1 is 1.75 bits per heavy atom. The van der Waals surface area contributed by atoms with E-state index < -0.39 is 0 Å². The van der Waals surface area contributed by atoms with E-state index in [2.05, 4.69) is 5.32 Å². The summed E-state index contributed by atoms with van der Waals surface area (Å²) in [4.78, 5) is 10.9. The molecule has 1 amide bonds. The number of nitriles is 1. The van der Waals surface area contributed by atoms with Crippen LogP contribution >= 0.6 is 0 Å². The molecule has 0 aliphatic rings. The Kier molecular flexibility index (Phi) is 6.02. The van der Waals surface area contributed by atoms with Gasteiger partial charge in [0, 0.05) is 25.4 Å². The van der Waals surface area contributed by atoms with Gasteiger partial charge in [0.15, 0.2) is 0 Å². The van der Waals surface area contributed by atoms with Gasteiger partial charge in [-0.25, -0.2) is 0 Å². The first-order valence-electron chi connectivity index (χ1n) is 4.06. The van der Waals surface area contributed by atoms with Crippen molar-refractivity contribution in [1.82, 2.24) is 5.32 Å². The van der Waals surface area contributed by atoms with Crippen LogP contribution in [0.1, 0.15) is 26.2 Å². The lowest BCUT2D eigenvalue weighted by molar-refractivity contribution is -0.121. The number of nitrogens with two attached hydrogens (primary N) is 1. The zero-order chi connectivity index (χ0) is 9.40. The first kappa shape index (κ1) is 10.9. The Morgan fingerprint density at radius 3 is 2.92 bits per heavy atom. The summed E-state index contributed by atoms with van der Waals surface area (Å²) < 4.78 is 0. The van der Waals surface area contributed by atoms with Crippen molar-refractivity contribution in [2.45, 2.75) is 32.2 Å². The van der Waals surface area contributed by atoms with Gasteiger partial charge in [-0.3, -0.25) is 4.79 Å². The molecule has 0 aromatic rings. The summed E-state index contributed by atoms with van der Waals surface area (Å²) in [5, 5.41) is 10.9. The molecule has 0 aromatic heterocycles. The highest BCUT2D eigenvalue weighted by Crippen LogP contribution is 1.87. The number of hydrogen-bond acceptors (Lipinski definition) is 3. The number of nitrogens with one attached hydrogen (secondary N) is 1. The average molecular weight is 169 g/mol. The van der Waals surface area contributed by atoms with E-state index in [1.807, 2.05) is 6.07 Å². The van der Waals surface area contributed by atoms with Gasteiger partial charge in [-0.15, -0.1) is 0 Å². The van der Waals surface area contributed by atoms with Crippen molar-refractivity contribution in [1.29, 1.82) is 5.26 Å². The van der Waals surface area contributed by atoms with Crippen LogP contribution in [0.5, 0.6) is 0 Å². The largest absolute Gasteiger partial charge is 0.356 e. The van der Waals surface area contributed by atoms with Gasteiger partial charge in [-0.1, -0.05) is 0 Å². The van der Waals surface area contributed by atoms with Crippen molar-refractivity contribution in [2.75, 3.05) is 6.54 Å². The Hall–Kier alpha value is -1.08. The number of nitrogens with zero attached hydrogens (tertiary/aromatic N) is 1. The third-order valence-corrected chi connectivity index (χ3v) is 1.29. The predicted molar refractivity (Wildman–Crippen MR) is 46.1 cm³/mol. The molecule has 0 saturated heterocycles. The minimum atomic E-state index is -0.0963. The minimum absolute atomic E-state index is 0.0389. The molecule has 1 unspecified atom stereocenters. The third-order valence-electron chi connectivity index (χ3n) is 1.29. The number of rotatable bonds is 5. The van der Waals surface area contributed by atoms with E-state index in [0.717, 1.165) is 0 Å². The lowest BCUT2D eigenvalue weighted by atomic mass is 10.2. The second-order valence-corrected chi connectivity index (χ2v) is 2.79. The molecule has 0 heterocycles. The molecule has 4 heteroatoms. The van der Waals surface area contributed by atoms with E-state index >= 15 is 0 Å². The Bertz CT molecular complexity index is 172. The molecule has 12 heavy (non-hydrogen) atoms. The van der Waals surface area contributed by atoms with E-state index in [9.17, 15) is 4.79 Å². The highest BCUT2D eigenvalue weighted by Gasteiger charge is 2.02. The molecular weight excluding hydrogens is 154 g/mol. The van der Waals surface area contributed by atoms with Crippen molar-refractivity contribution in [2.24, 2.45) is 5.73 Å². The molecule has 0 aliphatic carbocycles. The summed E-state index contributed by atoms with van der Waals surface area (Å²) in [6.07, 6.45) is 1.55. The SMILES string of the molecule is CC(N)CC(=O)NCCCC#N. The maximum atomic E-state index is 10.9. The maximum absolute atomic E-state index is 10.9. The summed E-state index contributed by atoms with van der Waals surface area (Å²) in [5.41, 5.74) is 5.41. The van der Waals surface area contributed by atoms with Crippen molar-refractivity contribution in [3.8, 4) is 6.07 Å². The van der Waals surface area contributed by atoms with Crippen LogP contribution in [0.3, 0.4) is 0 Å². The van der Waals surface area contributed by atoms with Gasteiger partial charge in [-0.05, 0) is 13.3 Å². The number of unbranched alkanes of at least 4 members (excludes halogenated alkanes) is 1. The fraction of sp³-hybridized carbons (Fsp3) is 0.750. The number of carbonyl (C=O) groups excluding carboxylic acids is 1. The first-order chi connectivity index (χ1) is 5.66. The van der Waals surface area contributed by atoms with Crippen LogP contribution in [0.2, 0.25) is 0 Å². The number of amides is 1. The van der Waals surface area contributed by atoms with Crippen molar-refractivity contribution < 1.29 is 4.79 Å². The van der Waals surface area contributed by atoms with Gasteiger partial charge in [0.2, 0.25) is 5.91 Å². The summed E-state index contributed by atoms with van der Waals surface area (Å²) in [7, 11) is 0. The number of hydrogen-bond donors (Lipinski definition) is 2. The zero-order valence-electron chi connectivity index (χ0n) is 7.34. The molecule has 3 N–H and O–H groups in total. The van der Waals surface area contributed by atoms with E-state index in [1.54, 1.807) is 6.92 Å². The number of carbonyl (C=O) groups is 1. The fourth-order valence-corrected chi connectivity index (χ4v) is 0.760. The van der Waals surface area contributed by atoms with Gasteiger partial charge in [-0.2, -0.15) is 5.26 Å². The lowest BCUT2D eigenvalue weighted by Gasteiger charge is -2.05. The predicted octanol–water partition coefficient (Wildman–Crippen LogP) is 0.144.